The van der Waals surface area contributed by atoms with Crippen LogP contribution < -0.4 is 5.73 Å². The maximum Gasteiger partial charge on any atom is 0.224 e. The second kappa shape index (κ2) is 8.70. The van der Waals surface area contributed by atoms with E-state index < -0.39 is 0 Å². The minimum Gasteiger partial charge on any atom is -0.330 e. The summed E-state index contributed by atoms with van der Waals surface area (Å²) in [5, 5.41) is 17.0. The number of nitriles is 2. The third kappa shape index (κ3) is 6.00. The first-order chi connectivity index (χ1) is 7.65. The standard InChI is InChI=1S/C11H18N4O/c1-10(4-5-12)2-3-11(16)15(8-6-13)9-7-14/h10H,2-5,8-9,12H2,1H3. The first-order valence-corrected chi connectivity index (χ1v) is 5.37. The minimum atomic E-state index is -0.132. The zero-order valence-corrected chi connectivity index (χ0v) is 9.65. The zero-order chi connectivity index (χ0) is 12.4. The monoisotopic (exact) mass is 222 g/mol. The van der Waals surface area contributed by atoms with E-state index in [9.17, 15) is 4.79 Å². The van der Waals surface area contributed by atoms with Gasteiger partial charge in [0, 0.05) is 6.42 Å². The molecule has 0 aromatic heterocycles. The molecule has 0 aliphatic carbocycles. The Balaban J connectivity index is 4.02. The summed E-state index contributed by atoms with van der Waals surface area (Å²) in [5.74, 6) is 0.270. The Bertz CT molecular complexity index is 273. The molecule has 1 atom stereocenters. The Morgan fingerprint density at radius 1 is 1.31 bits per heavy atom. The van der Waals surface area contributed by atoms with Gasteiger partial charge in [-0.05, 0) is 25.3 Å². The number of hydrogen-bond donors (Lipinski definition) is 1. The predicted octanol–water partition coefficient (Wildman–Crippen LogP) is 0.627. The van der Waals surface area contributed by atoms with Crippen molar-refractivity contribution in [2.75, 3.05) is 19.6 Å². The van der Waals surface area contributed by atoms with E-state index in [4.69, 9.17) is 16.3 Å². The molecule has 0 spiro atoms. The van der Waals surface area contributed by atoms with Gasteiger partial charge in [0.2, 0.25) is 5.91 Å². The second-order valence-corrected chi connectivity index (χ2v) is 3.79. The van der Waals surface area contributed by atoms with Crippen molar-refractivity contribution >= 4 is 5.91 Å². The molecule has 0 aromatic carbocycles. The largest absolute Gasteiger partial charge is 0.330 e. The third-order valence-electron chi connectivity index (χ3n) is 2.39. The van der Waals surface area contributed by atoms with Crippen LogP contribution in [0.2, 0.25) is 0 Å². The van der Waals surface area contributed by atoms with Crippen LogP contribution >= 0.6 is 0 Å². The average molecular weight is 222 g/mol. The van der Waals surface area contributed by atoms with Gasteiger partial charge in [-0.2, -0.15) is 10.5 Å². The first-order valence-electron chi connectivity index (χ1n) is 5.37. The summed E-state index contributed by atoms with van der Waals surface area (Å²) in [6, 6.07) is 3.76. The number of hydrogen-bond acceptors (Lipinski definition) is 4. The Hall–Kier alpha value is -1.59. The van der Waals surface area contributed by atoms with E-state index >= 15 is 0 Å². The van der Waals surface area contributed by atoms with Crippen LogP contribution in [0.4, 0.5) is 0 Å². The Kier molecular flexibility index (Phi) is 7.83. The van der Waals surface area contributed by atoms with Gasteiger partial charge < -0.3 is 10.6 Å². The molecule has 16 heavy (non-hydrogen) atoms. The molecule has 2 N–H and O–H groups in total. The Labute approximate surface area is 96.4 Å². The molecular weight excluding hydrogens is 204 g/mol. The van der Waals surface area contributed by atoms with Crippen molar-refractivity contribution in [3.8, 4) is 12.1 Å². The van der Waals surface area contributed by atoms with Gasteiger partial charge in [-0.15, -0.1) is 0 Å². The van der Waals surface area contributed by atoms with E-state index in [1.165, 1.54) is 4.90 Å². The summed E-state index contributed by atoms with van der Waals surface area (Å²) in [6.45, 7) is 2.63. The van der Waals surface area contributed by atoms with E-state index in [-0.39, 0.29) is 19.0 Å². The van der Waals surface area contributed by atoms with Crippen molar-refractivity contribution in [3.05, 3.63) is 0 Å². The molecule has 0 saturated carbocycles. The van der Waals surface area contributed by atoms with E-state index in [0.29, 0.717) is 18.9 Å². The number of nitrogens with zero attached hydrogens (tertiary/aromatic N) is 3. The maximum atomic E-state index is 11.6. The summed E-state index contributed by atoms with van der Waals surface area (Å²) in [5.41, 5.74) is 5.41. The first kappa shape index (κ1) is 14.4. The van der Waals surface area contributed by atoms with Gasteiger partial charge in [0.1, 0.15) is 13.1 Å². The van der Waals surface area contributed by atoms with Crippen LogP contribution in [0, 0.1) is 28.6 Å². The lowest BCUT2D eigenvalue weighted by atomic mass is 10.0. The highest BCUT2D eigenvalue weighted by Gasteiger charge is 2.13. The van der Waals surface area contributed by atoms with Gasteiger partial charge in [0.05, 0.1) is 12.1 Å². The molecule has 5 nitrogen and oxygen atoms in total. The highest BCUT2D eigenvalue weighted by atomic mass is 16.2. The molecule has 0 saturated heterocycles. The van der Waals surface area contributed by atoms with Gasteiger partial charge in [0.25, 0.3) is 0 Å². The highest BCUT2D eigenvalue weighted by molar-refractivity contribution is 5.76. The lowest BCUT2D eigenvalue weighted by Gasteiger charge is -2.17. The molecule has 1 unspecified atom stereocenters. The topological polar surface area (TPSA) is 93.9 Å². The van der Waals surface area contributed by atoms with Crippen molar-refractivity contribution in [2.24, 2.45) is 11.7 Å². The molecule has 0 rings (SSSR count). The van der Waals surface area contributed by atoms with Crippen LogP contribution in [0.25, 0.3) is 0 Å². The molecule has 0 aliphatic heterocycles. The number of carbonyl (C=O) groups is 1. The lowest BCUT2D eigenvalue weighted by Crippen LogP contribution is -2.31. The predicted molar refractivity (Wildman–Crippen MR) is 59.9 cm³/mol. The van der Waals surface area contributed by atoms with E-state index in [1.54, 1.807) is 0 Å². The van der Waals surface area contributed by atoms with Gasteiger partial charge in [-0.25, -0.2) is 0 Å². The number of amides is 1. The number of nitrogens with two attached hydrogens (primary N) is 1. The minimum absolute atomic E-state index is 0.0162. The Morgan fingerprint density at radius 3 is 2.31 bits per heavy atom. The van der Waals surface area contributed by atoms with Crippen molar-refractivity contribution in [3.63, 3.8) is 0 Å². The molecule has 0 fully saturated rings. The van der Waals surface area contributed by atoms with E-state index in [2.05, 4.69) is 0 Å². The second-order valence-electron chi connectivity index (χ2n) is 3.79. The van der Waals surface area contributed by atoms with E-state index in [0.717, 1.165) is 12.8 Å². The maximum absolute atomic E-state index is 11.6. The molecule has 0 bridgehead atoms. The molecule has 88 valence electrons. The average Bonchev–Trinajstić information content (AvgIpc) is 2.26. The highest BCUT2D eigenvalue weighted by Crippen LogP contribution is 2.10. The van der Waals surface area contributed by atoms with Crippen LogP contribution in [0.15, 0.2) is 0 Å². The van der Waals surface area contributed by atoms with Gasteiger partial charge in [0.15, 0.2) is 0 Å². The molecule has 5 heteroatoms. The van der Waals surface area contributed by atoms with Crippen molar-refractivity contribution < 1.29 is 4.79 Å². The van der Waals surface area contributed by atoms with Gasteiger partial charge >= 0.3 is 0 Å². The normalized spacial score (nSPS) is 11.2. The summed E-state index contributed by atoms with van der Waals surface area (Å²) in [7, 11) is 0. The quantitative estimate of drug-likeness (QED) is 0.639. The van der Waals surface area contributed by atoms with Gasteiger partial charge in [-0.1, -0.05) is 6.92 Å². The summed E-state index contributed by atoms with van der Waals surface area (Å²) >= 11 is 0. The van der Waals surface area contributed by atoms with Crippen molar-refractivity contribution in [1.82, 2.24) is 4.90 Å². The van der Waals surface area contributed by atoms with Crippen LogP contribution in [0.5, 0.6) is 0 Å². The smallest absolute Gasteiger partial charge is 0.224 e. The summed E-state index contributed by atoms with van der Waals surface area (Å²) in [4.78, 5) is 12.9. The third-order valence-corrected chi connectivity index (χ3v) is 2.39. The fourth-order valence-corrected chi connectivity index (χ4v) is 1.36. The fraction of sp³-hybridized carbons (Fsp3) is 0.727. The fourth-order valence-electron chi connectivity index (χ4n) is 1.36. The van der Waals surface area contributed by atoms with Crippen LogP contribution in [0.3, 0.4) is 0 Å². The van der Waals surface area contributed by atoms with Crippen molar-refractivity contribution in [1.29, 1.82) is 10.5 Å². The molecule has 0 radical (unpaired) electrons. The molecule has 0 aromatic rings. The van der Waals surface area contributed by atoms with Crippen LogP contribution in [0.1, 0.15) is 26.2 Å². The number of carbonyl (C=O) groups excluding carboxylic acids is 1. The van der Waals surface area contributed by atoms with Crippen LogP contribution in [-0.2, 0) is 4.79 Å². The molecule has 1 amide bonds. The molecular formula is C11H18N4O. The van der Waals surface area contributed by atoms with Crippen LogP contribution in [-0.4, -0.2) is 30.4 Å². The van der Waals surface area contributed by atoms with E-state index in [1.807, 2.05) is 19.1 Å². The summed E-state index contributed by atoms with van der Waals surface area (Å²) in [6.07, 6.45) is 2.03. The van der Waals surface area contributed by atoms with Gasteiger partial charge in [-0.3, -0.25) is 4.79 Å². The van der Waals surface area contributed by atoms with Crippen molar-refractivity contribution in [2.45, 2.75) is 26.2 Å². The molecule has 0 heterocycles. The molecule has 0 aliphatic rings. The SMILES string of the molecule is CC(CCN)CCC(=O)N(CC#N)CC#N. The Morgan fingerprint density at radius 2 is 1.88 bits per heavy atom. The lowest BCUT2D eigenvalue weighted by molar-refractivity contribution is -0.130. The zero-order valence-electron chi connectivity index (χ0n) is 9.65. The number of rotatable bonds is 7. The summed E-state index contributed by atoms with van der Waals surface area (Å²) < 4.78 is 0.